The molecule has 0 saturated carbocycles. The van der Waals surface area contributed by atoms with Crippen molar-refractivity contribution in [2.24, 2.45) is 0 Å². The van der Waals surface area contributed by atoms with E-state index >= 15 is 0 Å². The van der Waals surface area contributed by atoms with E-state index in [1.54, 1.807) is 17.6 Å². The molecule has 1 heterocycles. The highest BCUT2D eigenvalue weighted by atomic mass is 19.1. The van der Waals surface area contributed by atoms with Gasteiger partial charge in [-0.15, -0.1) is 0 Å². The Morgan fingerprint density at radius 1 is 1.04 bits per heavy atom. The number of halogens is 1. The van der Waals surface area contributed by atoms with Gasteiger partial charge in [-0.25, -0.2) is 9.37 Å². The normalized spacial score (nSPS) is 10.6. The monoisotopic (exact) mass is 354 g/mol. The van der Waals surface area contributed by atoms with E-state index < -0.39 is 0 Å². The molecule has 4 heteroatoms. The summed E-state index contributed by atoms with van der Waals surface area (Å²) in [6.07, 6.45) is 1.42. The number of aromatic nitrogens is 2. The van der Waals surface area contributed by atoms with Gasteiger partial charge in [0, 0.05) is 12.5 Å². The van der Waals surface area contributed by atoms with Crippen molar-refractivity contribution in [2.45, 2.75) is 54.4 Å². The molecule has 1 aromatic heterocycles. The number of hydrogen-bond acceptors (Lipinski definition) is 2. The topological polar surface area (TPSA) is 34.9 Å². The van der Waals surface area contributed by atoms with Crippen molar-refractivity contribution in [1.82, 2.24) is 9.55 Å². The van der Waals surface area contributed by atoms with Crippen molar-refractivity contribution in [3.8, 4) is 5.69 Å². The summed E-state index contributed by atoms with van der Waals surface area (Å²) >= 11 is 0. The number of fused-ring (bicyclic) bond motifs is 1. The van der Waals surface area contributed by atoms with Gasteiger partial charge in [-0.05, 0) is 43.0 Å². The van der Waals surface area contributed by atoms with Crippen molar-refractivity contribution < 1.29 is 4.39 Å². The van der Waals surface area contributed by atoms with Crippen molar-refractivity contribution in [3.05, 3.63) is 69.0 Å². The minimum atomic E-state index is -0.334. The van der Waals surface area contributed by atoms with Gasteiger partial charge in [0.2, 0.25) is 0 Å². The van der Waals surface area contributed by atoms with E-state index in [1.807, 2.05) is 45.9 Å². The third-order valence-corrected chi connectivity index (χ3v) is 4.46. The Kier molecular flexibility index (Phi) is 6.30. The molecule has 0 aliphatic carbocycles. The molecule has 0 saturated heterocycles. The van der Waals surface area contributed by atoms with Gasteiger partial charge in [0.15, 0.2) is 0 Å². The number of nitrogens with zero attached hydrogens (tertiary/aromatic N) is 2. The lowest BCUT2D eigenvalue weighted by Crippen LogP contribution is -2.25. The molecule has 138 valence electrons. The predicted molar refractivity (Wildman–Crippen MR) is 107 cm³/mol. The fourth-order valence-electron chi connectivity index (χ4n) is 3.15. The highest BCUT2D eigenvalue weighted by molar-refractivity contribution is 5.79. The number of benzene rings is 2. The highest BCUT2D eigenvalue weighted by Gasteiger charge is 2.16. The fraction of sp³-hybridized carbons (Fsp3) is 0.364. The molecular formula is C22H27FN2O. The van der Waals surface area contributed by atoms with Crippen LogP contribution in [0.3, 0.4) is 0 Å². The molecule has 0 spiro atoms. The Labute approximate surface area is 154 Å². The van der Waals surface area contributed by atoms with Crippen LogP contribution < -0.4 is 5.56 Å². The number of rotatable bonds is 3. The summed E-state index contributed by atoms with van der Waals surface area (Å²) in [4.78, 5) is 17.8. The van der Waals surface area contributed by atoms with Gasteiger partial charge in [0.1, 0.15) is 11.6 Å². The summed E-state index contributed by atoms with van der Waals surface area (Å²) in [7, 11) is 0. The van der Waals surface area contributed by atoms with Crippen LogP contribution in [0.1, 0.15) is 50.2 Å². The van der Waals surface area contributed by atoms with E-state index in [2.05, 4.69) is 11.9 Å². The minimum Gasteiger partial charge on any atom is -0.268 e. The fourth-order valence-corrected chi connectivity index (χ4v) is 3.15. The van der Waals surface area contributed by atoms with Crippen LogP contribution in [0.15, 0.2) is 35.1 Å². The van der Waals surface area contributed by atoms with E-state index in [-0.39, 0.29) is 11.4 Å². The van der Waals surface area contributed by atoms with E-state index in [9.17, 15) is 9.18 Å². The highest BCUT2D eigenvalue weighted by Crippen LogP contribution is 2.22. The molecular weight excluding hydrogens is 327 g/mol. The lowest BCUT2D eigenvalue weighted by Gasteiger charge is -2.18. The van der Waals surface area contributed by atoms with Crippen LogP contribution in [0, 0.1) is 19.7 Å². The van der Waals surface area contributed by atoms with Crippen LogP contribution in [0.4, 0.5) is 4.39 Å². The maximum absolute atomic E-state index is 13.9. The maximum Gasteiger partial charge on any atom is 0.265 e. The SMILES string of the molecule is CC.CCc1cccc(C)c1-n1c(CC)nc2cc(F)c(C)cc2c1=O. The zero-order valence-electron chi connectivity index (χ0n) is 16.5. The summed E-state index contributed by atoms with van der Waals surface area (Å²) in [5, 5.41) is 0.455. The standard InChI is InChI=1S/C20H21FN2O.C2H6/c1-5-14-9-7-8-12(3)19(14)23-18(6-2)22-17-11-16(21)13(4)10-15(17)20(23)24;1-2/h7-11H,5-6H2,1-4H3;1-2H3. The van der Waals surface area contributed by atoms with E-state index in [1.165, 1.54) is 6.07 Å². The van der Waals surface area contributed by atoms with E-state index in [4.69, 9.17) is 0 Å². The van der Waals surface area contributed by atoms with Gasteiger partial charge in [0.25, 0.3) is 5.56 Å². The second-order valence-electron chi connectivity index (χ2n) is 6.08. The van der Waals surface area contributed by atoms with Gasteiger partial charge in [0.05, 0.1) is 16.6 Å². The van der Waals surface area contributed by atoms with Crippen molar-refractivity contribution >= 4 is 10.9 Å². The molecule has 0 amide bonds. The summed E-state index contributed by atoms with van der Waals surface area (Å²) < 4.78 is 15.6. The van der Waals surface area contributed by atoms with Crippen LogP contribution in [0.2, 0.25) is 0 Å². The number of hydrogen-bond donors (Lipinski definition) is 0. The molecule has 0 atom stereocenters. The molecule has 0 unspecified atom stereocenters. The van der Waals surface area contributed by atoms with Gasteiger partial charge >= 0.3 is 0 Å². The van der Waals surface area contributed by atoms with Crippen molar-refractivity contribution in [1.29, 1.82) is 0 Å². The molecule has 0 radical (unpaired) electrons. The lowest BCUT2D eigenvalue weighted by molar-refractivity contribution is 0.620. The molecule has 0 aliphatic rings. The quantitative estimate of drug-likeness (QED) is 0.640. The van der Waals surface area contributed by atoms with Crippen LogP contribution in [0.25, 0.3) is 16.6 Å². The van der Waals surface area contributed by atoms with Gasteiger partial charge in [-0.2, -0.15) is 0 Å². The zero-order valence-corrected chi connectivity index (χ0v) is 16.5. The first-order chi connectivity index (χ1) is 12.5. The van der Waals surface area contributed by atoms with Crippen LogP contribution in [-0.2, 0) is 12.8 Å². The smallest absolute Gasteiger partial charge is 0.265 e. The van der Waals surface area contributed by atoms with Crippen molar-refractivity contribution in [3.63, 3.8) is 0 Å². The molecule has 3 nitrogen and oxygen atoms in total. The average molecular weight is 354 g/mol. The molecule has 0 bridgehead atoms. The minimum absolute atomic E-state index is 0.135. The predicted octanol–water partition coefficient (Wildman–Crippen LogP) is 5.29. The number of para-hydroxylation sites is 1. The van der Waals surface area contributed by atoms with Crippen LogP contribution in [-0.4, -0.2) is 9.55 Å². The summed E-state index contributed by atoms with van der Waals surface area (Å²) in [5.41, 5.74) is 3.78. The molecule has 0 N–H and O–H groups in total. The Bertz CT molecular complexity index is 990. The first-order valence-corrected chi connectivity index (χ1v) is 9.28. The third-order valence-electron chi connectivity index (χ3n) is 4.46. The average Bonchev–Trinajstić information content (AvgIpc) is 2.65. The molecule has 0 aliphatic heterocycles. The van der Waals surface area contributed by atoms with Gasteiger partial charge in [-0.3, -0.25) is 9.36 Å². The number of aryl methyl sites for hydroxylation is 4. The molecule has 3 rings (SSSR count). The summed E-state index contributed by atoms with van der Waals surface area (Å²) in [6, 6.07) is 8.99. The zero-order chi connectivity index (χ0) is 19.4. The Hall–Kier alpha value is -2.49. The Morgan fingerprint density at radius 3 is 2.35 bits per heavy atom. The van der Waals surface area contributed by atoms with Crippen LogP contribution in [0.5, 0.6) is 0 Å². The summed E-state index contributed by atoms with van der Waals surface area (Å²) in [5.74, 6) is 0.319. The Balaban J connectivity index is 0.00000117. The maximum atomic E-state index is 13.9. The second-order valence-corrected chi connectivity index (χ2v) is 6.08. The first-order valence-electron chi connectivity index (χ1n) is 9.28. The Morgan fingerprint density at radius 2 is 1.73 bits per heavy atom. The lowest BCUT2D eigenvalue weighted by atomic mass is 10.0. The van der Waals surface area contributed by atoms with Crippen molar-refractivity contribution in [2.75, 3.05) is 0 Å². The third kappa shape index (κ3) is 3.41. The second kappa shape index (κ2) is 8.26. The molecule has 2 aromatic carbocycles. The van der Waals surface area contributed by atoms with Gasteiger partial charge < -0.3 is 0 Å². The van der Waals surface area contributed by atoms with Crippen LogP contribution >= 0.6 is 0 Å². The summed E-state index contributed by atoms with van der Waals surface area (Å²) in [6.45, 7) is 11.7. The molecule has 3 aromatic rings. The van der Waals surface area contributed by atoms with Gasteiger partial charge in [-0.1, -0.05) is 45.9 Å². The van der Waals surface area contributed by atoms with E-state index in [0.717, 1.165) is 23.2 Å². The van der Waals surface area contributed by atoms with E-state index in [0.29, 0.717) is 28.7 Å². The molecule has 0 fully saturated rings. The largest absolute Gasteiger partial charge is 0.268 e. The first kappa shape index (κ1) is 19.8. The molecule has 26 heavy (non-hydrogen) atoms.